The zero-order valence-electron chi connectivity index (χ0n) is 25.8. The van der Waals surface area contributed by atoms with Gasteiger partial charge in [-0.3, -0.25) is 0 Å². The molecule has 0 aliphatic heterocycles. The molecular weight excluding hydrogens is 528 g/mol. The molecule has 6 heteroatoms. The second-order valence-corrected chi connectivity index (χ2v) is 12.5. The van der Waals surface area contributed by atoms with Crippen LogP contribution in [-0.2, 0) is 10.8 Å². The Hall–Kier alpha value is -4.32. The van der Waals surface area contributed by atoms with Crippen LogP contribution in [0, 0.1) is 0 Å². The summed E-state index contributed by atoms with van der Waals surface area (Å²) in [6.45, 7) is 16.7. The summed E-state index contributed by atoms with van der Waals surface area (Å²) >= 11 is 0. The molecule has 0 atom stereocenters. The Labute approximate surface area is 249 Å². The molecule has 0 heterocycles. The first kappa shape index (κ1) is 32.2. The maximum Gasteiger partial charge on any atom is 0.123 e. The van der Waals surface area contributed by atoms with Crippen LogP contribution in [0.1, 0.15) is 101 Å². The highest BCUT2D eigenvalue weighted by atomic mass is 16.3. The van der Waals surface area contributed by atoms with Gasteiger partial charge in [-0.25, -0.2) is 0 Å². The first-order valence-corrected chi connectivity index (χ1v) is 14.2. The summed E-state index contributed by atoms with van der Waals surface area (Å²) in [7, 11) is 0. The van der Waals surface area contributed by atoms with E-state index in [2.05, 4.69) is 41.5 Å². The molecule has 224 valence electrons. The smallest absolute Gasteiger partial charge is 0.123 e. The molecule has 6 nitrogen and oxygen atoms in total. The summed E-state index contributed by atoms with van der Waals surface area (Å²) in [5.74, 6) is 1.15. The molecule has 0 fully saturated rings. The van der Waals surface area contributed by atoms with Gasteiger partial charge in [-0.1, -0.05) is 79.7 Å². The van der Waals surface area contributed by atoms with Crippen LogP contribution >= 0.6 is 0 Å². The van der Waals surface area contributed by atoms with Gasteiger partial charge in [0.1, 0.15) is 34.5 Å². The van der Waals surface area contributed by atoms with E-state index >= 15 is 0 Å². The molecule has 0 radical (unpaired) electrons. The minimum Gasteiger partial charge on any atom is -0.508 e. The van der Waals surface area contributed by atoms with Gasteiger partial charge in [0.25, 0.3) is 0 Å². The monoisotopic (exact) mass is 572 g/mol. The molecule has 4 aromatic carbocycles. The van der Waals surface area contributed by atoms with E-state index in [-0.39, 0.29) is 28.4 Å². The second-order valence-electron chi connectivity index (χ2n) is 12.5. The van der Waals surface area contributed by atoms with Gasteiger partial charge >= 0.3 is 0 Å². The number of phenols is 6. The Morgan fingerprint density at radius 2 is 0.667 bits per heavy atom. The summed E-state index contributed by atoms with van der Waals surface area (Å²) in [4.78, 5) is 0. The molecule has 6 N–H and O–H groups in total. The number of aromatic hydroxyl groups is 6. The minimum atomic E-state index is -0.671. The summed E-state index contributed by atoms with van der Waals surface area (Å²) in [6.07, 6.45) is 0. The van der Waals surface area contributed by atoms with Crippen molar-refractivity contribution in [1.82, 2.24) is 0 Å². The Kier molecular flexibility index (Phi) is 9.41. The van der Waals surface area contributed by atoms with Crippen LogP contribution in [0.3, 0.4) is 0 Å². The number of phenolic OH excluding ortho intramolecular Hbond substituents is 6. The van der Waals surface area contributed by atoms with Gasteiger partial charge < -0.3 is 30.6 Å². The number of rotatable bonds is 6. The van der Waals surface area contributed by atoms with Crippen molar-refractivity contribution >= 4 is 0 Å². The van der Waals surface area contributed by atoms with Crippen molar-refractivity contribution in [2.45, 2.75) is 78.1 Å². The van der Waals surface area contributed by atoms with Gasteiger partial charge in [0.15, 0.2) is 0 Å². The standard InChI is InChI=1S/C21H28O2.C15H16O4/c1-13(2)17-11-15(22)7-9-19(17)21(5,6)20-10-8-16(23)12-18(20)14(3)4;1-15(2,11-5-3-9(16)7-13(11)18)12-6-4-10(17)8-14(12)19/h7-14,22-23H,1-6H3;3-8,16-19H,1-2H3. The van der Waals surface area contributed by atoms with Crippen LogP contribution in [0.5, 0.6) is 34.5 Å². The molecule has 0 aromatic heterocycles. The van der Waals surface area contributed by atoms with E-state index in [1.165, 1.54) is 35.4 Å². The van der Waals surface area contributed by atoms with E-state index in [1.807, 2.05) is 38.1 Å². The summed E-state index contributed by atoms with van der Waals surface area (Å²) < 4.78 is 0. The van der Waals surface area contributed by atoms with Crippen molar-refractivity contribution in [2.24, 2.45) is 0 Å². The zero-order chi connectivity index (χ0) is 31.6. The average Bonchev–Trinajstić information content (AvgIpc) is 2.88. The van der Waals surface area contributed by atoms with Crippen LogP contribution in [0.4, 0.5) is 0 Å². The van der Waals surface area contributed by atoms with Crippen molar-refractivity contribution < 1.29 is 30.6 Å². The molecule has 4 aromatic rings. The predicted molar refractivity (Wildman–Crippen MR) is 168 cm³/mol. The first-order chi connectivity index (χ1) is 19.5. The van der Waals surface area contributed by atoms with Crippen LogP contribution in [0.2, 0.25) is 0 Å². The Morgan fingerprint density at radius 3 is 0.952 bits per heavy atom. The van der Waals surface area contributed by atoms with E-state index in [0.29, 0.717) is 34.5 Å². The van der Waals surface area contributed by atoms with Crippen LogP contribution in [0.25, 0.3) is 0 Å². The molecule has 0 saturated heterocycles. The zero-order valence-corrected chi connectivity index (χ0v) is 25.8. The summed E-state index contributed by atoms with van der Waals surface area (Å²) in [5, 5.41) is 58.3. The normalized spacial score (nSPS) is 11.9. The van der Waals surface area contributed by atoms with E-state index in [9.17, 15) is 30.6 Å². The third kappa shape index (κ3) is 6.76. The highest BCUT2D eigenvalue weighted by Gasteiger charge is 2.31. The minimum absolute atomic E-state index is 0.0213. The topological polar surface area (TPSA) is 121 Å². The molecule has 0 aliphatic carbocycles. The van der Waals surface area contributed by atoms with Crippen molar-refractivity contribution in [2.75, 3.05) is 0 Å². The molecule has 0 amide bonds. The lowest BCUT2D eigenvalue weighted by Gasteiger charge is -2.32. The Balaban J connectivity index is 0.000000235. The van der Waals surface area contributed by atoms with E-state index in [1.54, 1.807) is 24.3 Å². The van der Waals surface area contributed by atoms with E-state index in [0.717, 1.165) is 11.1 Å². The Bertz CT molecular complexity index is 1440. The molecular formula is C36H44O6. The number of hydrogen-bond donors (Lipinski definition) is 6. The maximum absolute atomic E-state index is 9.94. The van der Waals surface area contributed by atoms with Crippen LogP contribution in [-0.4, -0.2) is 30.6 Å². The largest absolute Gasteiger partial charge is 0.508 e. The average molecular weight is 573 g/mol. The van der Waals surface area contributed by atoms with Gasteiger partial charge in [0.2, 0.25) is 0 Å². The van der Waals surface area contributed by atoms with Crippen molar-refractivity contribution in [3.05, 3.63) is 106 Å². The molecule has 0 saturated carbocycles. The maximum atomic E-state index is 9.94. The van der Waals surface area contributed by atoms with Gasteiger partial charge in [0, 0.05) is 34.1 Å². The fourth-order valence-electron chi connectivity index (χ4n) is 5.58. The lowest BCUT2D eigenvalue weighted by atomic mass is 9.71. The molecule has 0 spiro atoms. The highest BCUT2D eigenvalue weighted by molar-refractivity contribution is 5.53. The third-order valence-electron chi connectivity index (χ3n) is 7.97. The summed E-state index contributed by atoms with van der Waals surface area (Å²) in [6, 6.07) is 20.0. The third-order valence-corrected chi connectivity index (χ3v) is 7.97. The van der Waals surface area contributed by atoms with Crippen LogP contribution in [0.15, 0.2) is 72.8 Å². The molecule has 0 aliphatic rings. The van der Waals surface area contributed by atoms with Crippen molar-refractivity contribution in [3.63, 3.8) is 0 Å². The lowest BCUT2D eigenvalue weighted by Crippen LogP contribution is -2.23. The molecule has 0 bridgehead atoms. The van der Waals surface area contributed by atoms with Gasteiger partial charge in [-0.05, 0) is 70.5 Å². The molecule has 42 heavy (non-hydrogen) atoms. The van der Waals surface area contributed by atoms with E-state index < -0.39 is 5.41 Å². The van der Waals surface area contributed by atoms with Gasteiger partial charge in [0.05, 0.1) is 0 Å². The van der Waals surface area contributed by atoms with Crippen molar-refractivity contribution in [1.29, 1.82) is 0 Å². The first-order valence-electron chi connectivity index (χ1n) is 14.2. The number of benzene rings is 4. The summed E-state index contributed by atoms with van der Waals surface area (Å²) in [5.41, 5.74) is 5.04. The number of hydrogen-bond acceptors (Lipinski definition) is 6. The van der Waals surface area contributed by atoms with Gasteiger partial charge in [-0.2, -0.15) is 0 Å². The SMILES string of the molecule is CC(C)(c1ccc(O)cc1O)c1ccc(O)cc1O.CC(C)c1cc(O)ccc1C(C)(C)c1ccc(O)cc1C(C)C. The van der Waals surface area contributed by atoms with E-state index in [4.69, 9.17) is 0 Å². The van der Waals surface area contributed by atoms with Crippen molar-refractivity contribution in [3.8, 4) is 34.5 Å². The molecule has 4 rings (SSSR count). The highest BCUT2D eigenvalue weighted by Crippen LogP contribution is 2.43. The Morgan fingerprint density at radius 1 is 0.405 bits per heavy atom. The quantitative estimate of drug-likeness (QED) is 0.138. The fraction of sp³-hybridized carbons (Fsp3) is 0.333. The predicted octanol–water partition coefficient (Wildman–Crippen LogP) is 8.51. The lowest BCUT2D eigenvalue weighted by molar-refractivity contribution is 0.422. The van der Waals surface area contributed by atoms with Gasteiger partial charge in [-0.15, -0.1) is 0 Å². The fourth-order valence-corrected chi connectivity index (χ4v) is 5.58. The second kappa shape index (κ2) is 12.3. The molecule has 0 unspecified atom stereocenters. The van der Waals surface area contributed by atoms with Crippen LogP contribution < -0.4 is 0 Å².